The van der Waals surface area contributed by atoms with Crippen LogP contribution in [-0.2, 0) is 16.0 Å². The second kappa shape index (κ2) is 11.9. The first-order valence-electron chi connectivity index (χ1n) is 11.6. The Bertz CT molecular complexity index is 1300. The molecule has 3 N–H and O–H groups in total. The lowest BCUT2D eigenvalue weighted by Gasteiger charge is -2.15. The molecule has 7 nitrogen and oxygen atoms in total. The number of thiazole rings is 1. The zero-order chi connectivity index (χ0) is 25.5. The number of carbonyl (C=O) groups is 2. The average Bonchev–Trinajstić information content (AvgIpc) is 3.49. The molecule has 4 rings (SSSR count). The van der Waals surface area contributed by atoms with E-state index in [9.17, 15) is 9.59 Å². The van der Waals surface area contributed by atoms with Gasteiger partial charge in [-0.2, -0.15) is 0 Å². The first-order chi connectivity index (χ1) is 17.5. The summed E-state index contributed by atoms with van der Waals surface area (Å²) < 4.78 is 5.05. The third kappa shape index (κ3) is 6.35. The Morgan fingerprint density at radius 1 is 1.17 bits per heavy atom. The molecule has 2 aromatic carbocycles. The van der Waals surface area contributed by atoms with Gasteiger partial charge >= 0.3 is 5.97 Å². The van der Waals surface area contributed by atoms with Crippen molar-refractivity contribution in [3.8, 4) is 0 Å². The minimum Gasteiger partial charge on any atom is -0.461 e. The Morgan fingerprint density at radius 2 is 1.97 bits per heavy atom. The quantitative estimate of drug-likeness (QED) is 0.326. The highest BCUT2D eigenvalue weighted by Crippen LogP contribution is 2.32. The molecular formula is C27H28N4O3S2. The Labute approximate surface area is 219 Å². The van der Waals surface area contributed by atoms with Crippen molar-refractivity contribution in [3.63, 3.8) is 0 Å². The Balaban J connectivity index is 1.33. The molecule has 0 spiro atoms. The summed E-state index contributed by atoms with van der Waals surface area (Å²) in [7, 11) is 0. The number of thioether (sulfide) groups is 1. The molecule has 1 atom stereocenters. The van der Waals surface area contributed by atoms with Crippen LogP contribution in [0.3, 0.4) is 0 Å². The number of ether oxygens (including phenoxy) is 1. The van der Waals surface area contributed by atoms with Crippen LogP contribution < -0.4 is 16.0 Å². The normalized spacial score (nSPS) is 15.1. The van der Waals surface area contributed by atoms with Gasteiger partial charge in [0.05, 0.1) is 29.3 Å². The molecule has 3 aromatic rings. The highest BCUT2D eigenvalue weighted by atomic mass is 32.2. The highest BCUT2D eigenvalue weighted by Gasteiger charge is 2.24. The molecule has 0 radical (unpaired) electrons. The van der Waals surface area contributed by atoms with Crippen LogP contribution in [0.1, 0.15) is 45.3 Å². The number of nitrogens with zero attached hydrogens (tertiary/aromatic N) is 1. The van der Waals surface area contributed by atoms with Crippen molar-refractivity contribution in [3.05, 3.63) is 92.8 Å². The predicted octanol–water partition coefficient (Wildman–Crippen LogP) is 5.38. The number of hydrogen-bond acceptors (Lipinski definition) is 8. The third-order valence-corrected chi connectivity index (χ3v) is 7.39. The number of carbonyl (C=O) groups excluding carboxylic acids is 2. The van der Waals surface area contributed by atoms with Crippen molar-refractivity contribution >= 4 is 52.1 Å². The van der Waals surface area contributed by atoms with Crippen LogP contribution in [0.4, 0.5) is 5.69 Å². The van der Waals surface area contributed by atoms with Crippen molar-refractivity contribution in [2.75, 3.05) is 11.9 Å². The van der Waals surface area contributed by atoms with Crippen molar-refractivity contribution in [2.24, 2.45) is 0 Å². The largest absolute Gasteiger partial charge is 0.461 e. The molecule has 1 aromatic heterocycles. The van der Waals surface area contributed by atoms with Gasteiger partial charge in [-0.1, -0.05) is 60.3 Å². The van der Waals surface area contributed by atoms with Crippen molar-refractivity contribution in [1.82, 2.24) is 15.6 Å². The standard InChI is InChI=1S/C27H28N4O3S2/c1-4-21(19-11-7-6-8-12-19)29-20-13-9-10-18(14-20)15-23(32)31-27-30-22(16-35-27)24-17(3)28-25(36-24)26(33)34-5-2/h4,6-14,16,27,29-30H,5,15H2,1-3H3,(H,31,32). The molecule has 1 aliphatic rings. The van der Waals surface area contributed by atoms with Gasteiger partial charge in [0.25, 0.3) is 0 Å². The smallest absolute Gasteiger partial charge is 0.367 e. The number of amides is 1. The van der Waals surface area contributed by atoms with E-state index in [0.717, 1.165) is 38.8 Å². The van der Waals surface area contributed by atoms with Gasteiger partial charge in [0.1, 0.15) is 0 Å². The van der Waals surface area contributed by atoms with E-state index >= 15 is 0 Å². The van der Waals surface area contributed by atoms with Gasteiger partial charge in [-0.05, 0) is 49.4 Å². The Morgan fingerprint density at radius 3 is 2.72 bits per heavy atom. The number of nitrogens with one attached hydrogen (secondary N) is 3. The maximum atomic E-state index is 12.8. The maximum Gasteiger partial charge on any atom is 0.367 e. The molecule has 0 aliphatic carbocycles. The minimum atomic E-state index is -0.421. The molecule has 0 bridgehead atoms. The lowest BCUT2D eigenvalue weighted by atomic mass is 10.1. The zero-order valence-electron chi connectivity index (χ0n) is 20.3. The molecule has 186 valence electrons. The number of hydrogen-bond donors (Lipinski definition) is 3. The van der Waals surface area contributed by atoms with Crippen LogP contribution in [-0.4, -0.2) is 29.0 Å². The predicted molar refractivity (Wildman–Crippen MR) is 147 cm³/mol. The number of benzene rings is 2. The summed E-state index contributed by atoms with van der Waals surface area (Å²) in [5, 5.41) is 12.0. The lowest BCUT2D eigenvalue weighted by Crippen LogP contribution is -2.40. The molecule has 36 heavy (non-hydrogen) atoms. The molecule has 1 amide bonds. The zero-order valence-corrected chi connectivity index (χ0v) is 22.0. The fourth-order valence-corrected chi connectivity index (χ4v) is 5.55. The highest BCUT2D eigenvalue weighted by molar-refractivity contribution is 8.03. The van der Waals surface area contributed by atoms with E-state index in [0.29, 0.717) is 11.6 Å². The maximum absolute atomic E-state index is 12.8. The minimum absolute atomic E-state index is 0.0886. The van der Waals surface area contributed by atoms with Gasteiger partial charge in [-0.3, -0.25) is 4.79 Å². The first kappa shape index (κ1) is 25.5. The summed E-state index contributed by atoms with van der Waals surface area (Å²) in [6.45, 7) is 5.92. The second-order valence-corrected chi connectivity index (χ2v) is 9.96. The van der Waals surface area contributed by atoms with Crippen LogP contribution in [0.5, 0.6) is 0 Å². The van der Waals surface area contributed by atoms with Crippen LogP contribution >= 0.6 is 23.1 Å². The third-order valence-electron chi connectivity index (χ3n) is 5.34. The van der Waals surface area contributed by atoms with Crippen molar-refractivity contribution < 1.29 is 14.3 Å². The summed E-state index contributed by atoms with van der Waals surface area (Å²) in [6, 6.07) is 18.0. The Hall–Kier alpha value is -3.56. The molecule has 9 heteroatoms. The monoisotopic (exact) mass is 520 g/mol. The van der Waals surface area contributed by atoms with Crippen molar-refractivity contribution in [2.45, 2.75) is 32.7 Å². The van der Waals surface area contributed by atoms with Gasteiger partial charge in [-0.15, -0.1) is 11.3 Å². The number of aromatic nitrogens is 1. The summed E-state index contributed by atoms with van der Waals surface area (Å²) >= 11 is 2.75. The van der Waals surface area contributed by atoms with Crippen LogP contribution in [0, 0.1) is 6.92 Å². The summed E-state index contributed by atoms with van der Waals surface area (Å²) in [5.74, 6) is -0.510. The van der Waals surface area contributed by atoms with E-state index in [4.69, 9.17) is 4.74 Å². The second-order valence-electron chi connectivity index (χ2n) is 7.98. The average molecular weight is 521 g/mol. The molecule has 2 heterocycles. The fourth-order valence-electron chi connectivity index (χ4n) is 3.69. The van der Waals surface area contributed by atoms with E-state index in [1.54, 1.807) is 6.92 Å². The van der Waals surface area contributed by atoms with Crippen LogP contribution in [0.25, 0.3) is 11.4 Å². The summed E-state index contributed by atoms with van der Waals surface area (Å²) in [5.41, 5.74) is 5.22. The van der Waals surface area contributed by atoms with Crippen molar-refractivity contribution in [1.29, 1.82) is 0 Å². The number of rotatable bonds is 9. The van der Waals surface area contributed by atoms with Gasteiger partial charge < -0.3 is 20.7 Å². The van der Waals surface area contributed by atoms with E-state index in [-0.39, 0.29) is 17.8 Å². The van der Waals surface area contributed by atoms with Gasteiger partial charge in [-0.25, -0.2) is 9.78 Å². The SMILES string of the molecule is CC=C(Nc1cccc(CC(=O)NC2NC(c3sc(C(=O)OCC)nc3C)=CS2)c1)c1ccccc1. The first-order valence-corrected chi connectivity index (χ1v) is 13.4. The van der Waals surface area contributed by atoms with Crippen LogP contribution in [0.15, 0.2) is 66.1 Å². The van der Waals surface area contributed by atoms with Gasteiger partial charge in [0, 0.05) is 11.4 Å². The fraction of sp³-hybridized carbons (Fsp3) is 0.222. The molecule has 0 saturated heterocycles. The van der Waals surface area contributed by atoms with E-state index in [2.05, 4.69) is 33.1 Å². The topological polar surface area (TPSA) is 92.4 Å². The molecule has 1 unspecified atom stereocenters. The molecule has 1 aliphatic heterocycles. The number of esters is 1. The van der Waals surface area contributed by atoms with Gasteiger partial charge in [0.15, 0.2) is 5.50 Å². The molecular weight excluding hydrogens is 492 g/mol. The molecule has 0 fully saturated rings. The van der Waals surface area contributed by atoms with E-state index < -0.39 is 5.97 Å². The lowest BCUT2D eigenvalue weighted by molar-refractivity contribution is -0.120. The van der Waals surface area contributed by atoms with Crippen LogP contribution in [0.2, 0.25) is 0 Å². The number of aryl methyl sites for hydroxylation is 1. The Kier molecular flexibility index (Phi) is 8.45. The summed E-state index contributed by atoms with van der Waals surface area (Å²) in [6.07, 6.45) is 2.29. The molecule has 0 saturated carbocycles. The number of allylic oxidation sites excluding steroid dienone is 1. The van der Waals surface area contributed by atoms with E-state index in [1.807, 2.05) is 67.8 Å². The summed E-state index contributed by atoms with van der Waals surface area (Å²) in [4.78, 5) is 29.9. The number of anilines is 1. The van der Waals surface area contributed by atoms with E-state index in [1.165, 1.54) is 23.1 Å². The van der Waals surface area contributed by atoms with Gasteiger partial charge in [0.2, 0.25) is 10.9 Å².